The third-order valence-corrected chi connectivity index (χ3v) is 13.3. The van der Waals surface area contributed by atoms with Crippen LogP contribution >= 0.6 is 0 Å². The van der Waals surface area contributed by atoms with Crippen LogP contribution in [-0.4, -0.2) is 215 Å². The highest BCUT2D eigenvalue weighted by atomic mass is 16.4. The van der Waals surface area contributed by atoms with E-state index >= 15 is 0 Å². The first kappa shape index (κ1) is 76.1. The summed E-state index contributed by atoms with van der Waals surface area (Å²) >= 11 is 0. The molecule has 1 aliphatic heterocycles. The summed E-state index contributed by atoms with van der Waals surface area (Å²) in [7, 11) is 0. The Morgan fingerprint density at radius 1 is 0.471 bits per heavy atom. The lowest BCUT2D eigenvalue weighted by molar-refractivity contribution is -0.142. The smallest absolute Gasteiger partial charge is 0.325 e. The highest BCUT2D eigenvalue weighted by Crippen LogP contribution is 2.20. The largest absolute Gasteiger partial charge is 0.481 e. The number of aliphatic hydroxyl groups excluding tert-OH is 1. The fourth-order valence-corrected chi connectivity index (χ4v) is 8.50. The van der Waals surface area contributed by atoms with Crippen LogP contribution in [0.5, 0.6) is 0 Å². The third kappa shape index (κ3) is 30.7. The Kier molecular flexibility index (Phi) is 35.4. The number of carbonyl (C=O) groups excluding carboxylic acids is 9. The van der Waals surface area contributed by atoms with Crippen LogP contribution in [0.2, 0.25) is 0 Å². The topological polar surface area (TPSA) is 658 Å². The van der Waals surface area contributed by atoms with Crippen molar-refractivity contribution in [3.05, 3.63) is 0 Å². The van der Waals surface area contributed by atoms with E-state index in [-0.39, 0.29) is 127 Å². The van der Waals surface area contributed by atoms with Gasteiger partial charge < -0.3 is 120 Å². The molecule has 1 saturated heterocycles. The van der Waals surface area contributed by atoms with Crippen LogP contribution in [0.1, 0.15) is 117 Å². The molecule has 0 unspecified atom stereocenters. The summed E-state index contributed by atoms with van der Waals surface area (Å²) in [6.07, 6.45) is -1.90. The molecule has 0 saturated carbocycles. The van der Waals surface area contributed by atoms with E-state index < -0.39 is 144 Å². The average Bonchev–Trinajstić information content (AvgIpc) is 2.47. The van der Waals surface area contributed by atoms with Crippen LogP contribution in [-0.2, 0) is 52.7 Å². The second-order valence-corrected chi connectivity index (χ2v) is 20.6. The molecule has 11 atom stereocenters. The maximum Gasteiger partial charge on any atom is 0.325 e. The standard InChI is InChI=1S/C50H93N23O14/c1-25(37(77)66-26(2)46(86)87)65-38(78)28(11-4-5-19-51)67-39(79)29(12-6-20-61-47(53)54)68-40(80)30(13-7-21-62-48(55)56)69-41(81)31(14-8-22-63-49(57)58)70-43(83)33(17-18-35(75)76)71-42(82)32(15-9-23-64-50(59)60)72-44(84)34-16-10-24-73(34)45(85)36(52)27(3)74/h25-34,36,74H,4-24,51-52H2,1-3H3,(H,65,78)(H,66,77)(H,67,79)(H,68,80)(H,69,81)(H,70,83)(H,71,82)(H,72,84)(H,75,76)(H,86,87)(H4,53,54,61)(H4,55,56,62)(H4,57,58,63)(H4,59,60,64)/t25-,26-,27+,28-,29-,30-,31-,32-,33-,34-,36-/m0/s1. The molecule has 1 fully saturated rings. The molecule has 37 nitrogen and oxygen atoms in total. The quantitative estimate of drug-likeness (QED) is 0.0153. The number of aliphatic carboxylic acids is 2. The molecule has 9 amide bonds. The Hall–Kier alpha value is -8.87. The molecule has 492 valence electrons. The van der Waals surface area contributed by atoms with Gasteiger partial charge >= 0.3 is 11.9 Å². The van der Waals surface area contributed by atoms with E-state index in [0.29, 0.717) is 19.3 Å². The van der Waals surface area contributed by atoms with Gasteiger partial charge in [0.15, 0.2) is 23.8 Å². The van der Waals surface area contributed by atoms with Gasteiger partial charge in [-0.3, -0.25) is 72.7 Å². The molecule has 1 aliphatic rings. The molecule has 0 aromatic carbocycles. The zero-order valence-corrected chi connectivity index (χ0v) is 49.5. The summed E-state index contributed by atoms with van der Waals surface area (Å²) in [6, 6.07) is -14.2. The van der Waals surface area contributed by atoms with Crippen molar-refractivity contribution in [2.24, 2.45) is 77.3 Å². The molecular formula is C50H93N23O14. The first-order chi connectivity index (χ1) is 40.9. The van der Waals surface area contributed by atoms with E-state index in [4.69, 9.17) is 57.3 Å². The fourth-order valence-electron chi connectivity index (χ4n) is 8.50. The molecule has 0 bridgehead atoms. The minimum atomic E-state index is -1.72. The van der Waals surface area contributed by atoms with E-state index in [9.17, 15) is 68.1 Å². The van der Waals surface area contributed by atoms with Crippen molar-refractivity contribution in [1.29, 1.82) is 0 Å². The highest BCUT2D eigenvalue weighted by molar-refractivity contribution is 5.99. The van der Waals surface area contributed by atoms with E-state index in [1.54, 1.807) is 0 Å². The monoisotopic (exact) mass is 1240 g/mol. The number of carbonyl (C=O) groups is 11. The SMILES string of the molecule is C[C@H](NC(=O)[C@H](C)NC(=O)[C@H](CCCCN)NC(=O)[C@H](CCCN=C(N)N)NC(=O)[C@H](CCCN=C(N)N)NC(=O)[C@H](CCCN=C(N)N)NC(=O)[C@H](CCC(=O)O)NC(=O)[C@H](CCCN=C(N)N)NC(=O)[C@@H]1CCCN1C(=O)[C@@H](N)[C@@H](C)O)C(=O)O. The van der Waals surface area contributed by atoms with Gasteiger partial charge in [0, 0.05) is 39.1 Å². The van der Waals surface area contributed by atoms with Crippen LogP contribution < -0.4 is 99.9 Å². The molecule has 1 rings (SSSR count). The molecule has 0 aromatic rings. The lowest BCUT2D eigenvalue weighted by Crippen LogP contribution is -2.60. The van der Waals surface area contributed by atoms with Crippen molar-refractivity contribution in [3.63, 3.8) is 0 Å². The Labute approximate surface area is 503 Å². The van der Waals surface area contributed by atoms with Gasteiger partial charge in [0.05, 0.1) is 6.10 Å². The second kappa shape index (κ2) is 40.4. The maximum absolute atomic E-state index is 14.6. The lowest BCUT2D eigenvalue weighted by Gasteiger charge is -2.30. The van der Waals surface area contributed by atoms with Gasteiger partial charge in [-0.1, -0.05) is 0 Å². The molecular weight excluding hydrogens is 1150 g/mol. The highest BCUT2D eigenvalue weighted by Gasteiger charge is 2.40. The number of unbranched alkanes of at least 4 members (excludes halogenated alkanes) is 1. The fraction of sp³-hybridized carbons (Fsp3) is 0.700. The Morgan fingerprint density at radius 2 is 0.805 bits per heavy atom. The van der Waals surface area contributed by atoms with Crippen LogP contribution in [0.4, 0.5) is 0 Å². The zero-order chi connectivity index (χ0) is 65.9. The molecule has 0 spiro atoms. The molecule has 37 heteroatoms. The summed E-state index contributed by atoms with van der Waals surface area (Å²) in [6.45, 7) is 3.95. The number of carboxylic acids is 2. The Balaban J connectivity index is 3.79. The number of nitrogens with zero attached hydrogens (tertiary/aromatic N) is 5. The van der Waals surface area contributed by atoms with Gasteiger partial charge in [0.25, 0.3) is 0 Å². The number of guanidine groups is 4. The van der Waals surface area contributed by atoms with E-state index in [2.05, 4.69) is 62.5 Å². The van der Waals surface area contributed by atoms with Crippen molar-refractivity contribution >= 4 is 88.9 Å². The molecule has 87 heavy (non-hydrogen) atoms. The number of nitrogens with two attached hydrogens (primary N) is 10. The third-order valence-electron chi connectivity index (χ3n) is 13.3. The van der Waals surface area contributed by atoms with Gasteiger partial charge in [-0.2, -0.15) is 0 Å². The number of hydrogen-bond acceptors (Lipinski definition) is 18. The Bertz CT molecular complexity index is 2430. The lowest BCUT2D eigenvalue weighted by atomic mass is 10.0. The number of aliphatic imine (C=N–C) groups is 4. The number of rotatable bonds is 42. The van der Waals surface area contributed by atoms with Gasteiger partial charge in [-0.05, 0) is 117 Å². The van der Waals surface area contributed by atoms with Crippen molar-refractivity contribution in [1.82, 2.24) is 47.4 Å². The van der Waals surface area contributed by atoms with E-state index in [0.717, 1.165) is 0 Å². The van der Waals surface area contributed by atoms with Gasteiger partial charge in [-0.25, -0.2) is 0 Å². The second-order valence-electron chi connectivity index (χ2n) is 20.6. The van der Waals surface area contributed by atoms with Gasteiger partial charge in [-0.15, -0.1) is 0 Å². The first-order valence-corrected chi connectivity index (χ1v) is 28.4. The van der Waals surface area contributed by atoms with E-state index in [1.807, 2.05) is 0 Å². The zero-order valence-electron chi connectivity index (χ0n) is 49.5. The molecule has 0 aromatic heterocycles. The number of likely N-dealkylation sites (tertiary alicyclic amines) is 1. The summed E-state index contributed by atoms with van der Waals surface area (Å²) in [5, 5.41) is 49.0. The van der Waals surface area contributed by atoms with Crippen molar-refractivity contribution in [3.8, 4) is 0 Å². The minimum Gasteiger partial charge on any atom is -0.481 e. The predicted molar refractivity (Wildman–Crippen MR) is 318 cm³/mol. The summed E-state index contributed by atoms with van der Waals surface area (Å²) in [5.41, 5.74) is 55.7. The average molecular weight is 1240 g/mol. The van der Waals surface area contributed by atoms with E-state index in [1.165, 1.54) is 25.7 Å². The molecule has 0 aliphatic carbocycles. The van der Waals surface area contributed by atoms with Gasteiger partial charge in [0.1, 0.15) is 60.4 Å². The normalized spacial score (nSPS) is 16.1. The van der Waals surface area contributed by atoms with Crippen molar-refractivity contribution in [2.75, 3.05) is 39.3 Å². The van der Waals surface area contributed by atoms with Crippen molar-refractivity contribution < 1.29 is 68.1 Å². The number of hydrogen-bond donors (Lipinski definition) is 21. The van der Waals surface area contributed by atoms with Crippen LogP contribution in [0.15, 0.2) is 20.0 Å². The number of aliphatic hydroxyl groups is 1. The molecule has 31 N–H and O–H groups in total. The summed E-state index contributed by atoms with van der Waals surface area (Å²) in [5.74, 6) is -12.1. The van der Waals surface area contributed by atoms with Crippen LogP contribution in [0.25, 0.3) is 0 Å². The van der Waals surface area contributed by atoms with Gasteiger partial charge in [0.2, 0.25) is 53.2 Å². The molecule has 1 heterocycles. The van der Waals surface area contributed by atoms with Crippen LogP contribution in [0.3, 0.4) is 0 Å². The minimum absolute atomic E-state index is 0.000541. The number of carboxylic acid groups (broad SMARTS) is 2. The first-order valence-electron chi connectivity index (χ1n) is 28.4. The van der Waals surface area contributed by atoms with Crippen molar-refractivity contribution in [2.45, 2.75) is 184 Å². The predicted octanol–water partition coefficient (Wildman–Crippen LogP) is -9.10. The summed E-state index contributed by atoms with van der Waals surface area (Å²) < 4.78 is 0. The maximum atomic E-state index is 14.6. The summed E-state index contributed by atoms with van der Waals surface area (Å²) in [4.78, 5) is 166. The molecule has 0 radical (unpaired) electrons. The number of amides is 9. The Morgan fingerprint density at radius 3 is 1.14 bits per heavy atom. The number of nitrogens with one attached hydrogen (secondary N) is 8. The van der Waals surface area contributed by atoms with Crippen LogP contribution in [0, 0.1) is 0 Å².